The van der Waals surface area contributed by atoms with Crippen LogP contribution in [0, 0.1) is 4.84 Å². The number of aromatic nitrogens is 4. The molecular formula is C26H22N4O2S2. The van der Waals surface area contributed by atoms with E-state index in [1.54, 1.807) is 6.07 Å². The number of thiol groups is 1. The molecule has 0 saturated carbocycles. The van der Waals surface area contributed by atoms with E-state index in [-0.39, 0.29) is 15.9 Å². The molecule has 0 spiro atoms. The maximum atomic E-state index is 12.2. The van der Waals surface area contributed by atoms with Crippen LogP contribution in [0.15, 0.2) is 71.3 Å². The molecular weight excluding hydrogens is 464 g/mol. The number of H-pyrrole nitrogens is 1. The minimum Gasteiger partial charge on any atom is -0.348 e. The zero-order valence-electron chi connectivity index (χ0n) is 18.6. The Morgan fingerprint density at radius 1 is 1.03 bits per heavy atom. The number of hydrogen-bond acceptors (Lipinski definition) is 5. The molecule has 5 aromatic rings. The Morgan fingerprint density at radius 2 is 1.76 bits per heavy atom. The van der Waals surface area contributed by atoms with Crippen molar-refractivity contribution in [1.82, 2.24) is 19.7 Å². The standard InChI is InChI=1S/C26H22N4O2S2/c1-15(2)24-27-21-9-5-8-20(25(31)33)22(21)30(24)14-16-10-12-17(13-11-16)18-6-3-4-7-19(18)23-28-26(34)32-29-23/h3-13,15H,14H2,1-2H3,(H,31,33)(H,28,29,34). The van der Waals surface area contributed by atoms with Crippen LogP contribution in [-0.2, 0) is 6.54 Å². The Kier molecular flexibility index (Phi) is 5.93. The highest BCUT2D eigenvalue weighted by atomic mass is 32.1. The zero-order chi connectivity index (χ0) is 23.8. The lowest BCUT2D eigenvalue weighted by atomic mass is 9.98. The third-order valence-corrected chi connectivity index (χ3v) is 6.18. The van der Waals surface area contributed by atoms with Crippen LogP contribution in [0.3, 0.4) is 0 Å². The van der Waals surface area contributed by atoms with Crippen molar-refractivity contribution in [3.05, 3.63) is 88.5 Å². The third kappa shape index (κ3) is 4.10. The molecule has 0 radical (unpaired) electrons. The molecule has 0 aliphatic carbocycles. The van der Waals surface area contributed by atoms with E-state index in [1.807, 2.05) is 36.4 Å². The fourth-order valence-electron chi connectivity index (χ4n) is 4.23. The van der Waals surface area contributed by atoms with Gasteiger partial charge < -0.3 is 9.09 Å². The van der Waals surface area contributed by atoms with Crippen LogP contribution in [0.5, 0.6) is 0 Å². The van der Waals surface area contributed by atoms with Gasteiger partial charge in [-0.15, -0.1) is 12.6 Å². The van der Waals surface area contributed by atoms with Gasteiger partial charge in [0, 0.05) is 18.0 Å². The van der Waals surface area contributed by atoms with Gasteiger partial charge in [-0.2, -0.15) is 4.98 Å². The van der Waals surface area contributed by atoms with E-state index in [0.717, 1.165) is 39.1 Å². The minimum absolute atomic E-state index is 0.174. The first-order valence-electron chi connectivity index (χ1n) is 10.9. The van der Waals surface area contributed by atoms with Gasteiger partial charge in [-0.1, -0.05) is 68.4 Å². The second-order valence-electron chi connectivity index (χ2n) is 8.36. The molecule has 0 bridgehead atoms. The predicted octanol–water partition coefficient (Wildman–Crippen LogP) is 6.66. The number of hydrogen-bond donors (Lipinski definition) is 2. The zero-order valence-corrected chi connectivity index (χ0v) is 20.4. The molecule has 3 aromatic carbocycles. The number of carbonyl (C=O) groups is 1. The van der Waals surface area contributed by atoms with E-state index < -0.39 is 0 Å². The number of para-hydroxylation sites is 1. The number of aromatic amines is 1. The lowest BCUT2D eigenvalue weighted by Crippen LogP contribution is -2.08. The van der Waals surface area contributed by atoms with Crippen molar-refractivity contribution in [3.63, 3.8) is 0 Å². The summed E-state index contributed by atoms with van der Waals surface area (Å²) in [6.07, 6.45) is 0. The van der Waals surface area contributed by atoms with Gasteiger partial charge >= 0.3 is 4.84 Å². The third-order valence-electron chi connectivity index (χ3n) is 5.77. The highest BCUT2D eigenvalue weighted by molar-refractivity contribution is 7.97. The SMILES string of the molecule is CC(C)c1nc2cccc(C(=O)S)c2n1Cc1ccc(-c2ccccc2-c2nc(=S)o[nH]2)cc1. The maximum Gasteiger partial charge on any atom is 0.314 e. The van der Waals surface area contributed by atoms with E-state index >= 15 is 0 Å². The van der Waals surface area contributed by atoms with Crippen LogP contribution in [0.25, 0.3) is 33.5 Å². The summed E-state index contributed by atoms with van der Waals surface area (Å²) >= 11 is 9.10. The molecule has 0 aliphatic rings. The van der Waals surface area contributed by atoms with Gasteiger partial charge in [-0.3, -0.25) is 4.79 Å². The van der Waals surface area contributed by atoms with Crippen LogP contribution in [0.1, 0.15) is 41.5 Å². The molecule has 170 valence electrons. The van der Waals surface area contributed by atoms with Crippen molar-refractivity contribution in [1.29, 1.82) is 0 Å². The van der Waals surface area contributed by atoms with Gasteiger partial charge in [-0.25, -0.2) is 10.1 Å². The molecule has 0 atom stereocenters. The predicted molar refractivity (Wildman–Crippen MR) is 139 cm³/mol. The number of imidazole rings is 1. The average Bonchev–Trinajstić information content (AvgIpc) is 3.43. The van der Waals surface area contributed by atoms with Gasteiger partial charge in [0.1, 0.15) is 5.82 Å². The number of carbonyl (C=O) groups excluding carboxylic acids is 1. The molecule has 2 heterocycles. The molecule has 0 unspecified atom stereocenters. The maximum absolute atomic E-state index is 12.2. The first-order valence-corrected chi connectivity index (χ1v) is 11.7. The Labute approximate surface area is 207 Å². The van der Waals surface area contributed by atoms with E-state index in [4.69, 9.17) is 21.7 Å². The summed E-state index contributed by atoms with van der Waals surface area (Å²) < 4.78 is 7.25. The normalized spacial score (nSPS) is 11.4. The second-order valence-corrected chi connectivity index (χ2v) is 9.12. The Bertz CT molecular complexity index is 1560. The van der Waals surface area contributed by atoms with E-state index in [9.17, 15) is 4.79 Å². The Balaban J connectivity index is 1.54. The van der Waals surface area contributed by atoms with Crippen LogP contribution in [-0.4, -0.2) is 24.8 Å². The van der Waals surface area contributed by atoms with Gasteiger partial charge in [0.05, 0.1) is 16.6 Å². The summed E-state index contributed by atoms with van der Waals surface area (Å²) in [7, 11) is 0. The topological polar surface area (TPSA) is 76.7 Å². The fourth-order valence-corrected chi connectivity index (χ4v) is 4.55. The van der Waals surface area contributed by atoms with Crippen LogP contribution in [0.2, 0.25) is 0 Å². The number of fused-ring (bicyclic) bond motifs is 1. The van der Waals surface area contributed by atoms with Crippen molar-refractivity contribution in [2.75, 3.05) is 0 Å². The Hall–Kier alpha value is -3.49. The van der Waals surface area contributed by atoms with Gasteiger partial charge in [-0.05, 0) is 41.0 Å². The average molecular weight is 487 g/mol. The van der Waals surface area contributed by atoms with Crippen molar-refractivity contribution in [3.8, 4) is 22.5 Å². The molecule has 0 saturated heterocycles. The fraction of sp³-hybridized carbons (Fsp3) is 0.154. The van der Waals surface area contributed by atoms with E-state index in [1.165, 1.54) is 0 Å². The molecule has 5 rings (SSSR count). The number of benzene rings is 3. The molecule has 6 nitrogen and oxygen atoms in total. The smallest absolute Gasteiger partial charge is 0.314 e. The summed E-state index contributed by atoms with van der Waals surface area (Å²) in [4.78, 5) is 21.4. The van der Waals surface area contributed by atoms with Crippen molar-refractivity contribution in [2.45, 2.75) is 26.3 Å². The van der Waals surface area contributed by atoms with Crippen molar-refractivity contribution < 1.29 is 9.32 Å². The van der Waals surface area contributed by atoms with Crippen LogP contribution in [0.4, 0.5) is 0 Å². The summed E-state index contributed by atoms with van der Waals surface area (Å²) in [6, 6.07) is 21.9. The molecule has 0 fully saturated rings. The number of rotatable bonds is 6. The molecule has 0 aliphatic heterocycles. The quantitative estimate of drug-likeness (QED) is 0.207. The lowest BCUT2D eigenvalue weighted by molar-refractivity contribution is 0.109. The van der Waals surface area contributed by atoms with Crippen LogP contribution >= 0.6 is 24.8 Å². The first-order chi connectivity index (χ1) is 16.4. The monoisotopic (exact) mass is 486 g/mol. The molecule has 2 aromatic heterocycles. The van der Waals surface area contributed by atoms with Crippen molar-refractivity contribution in [2.24, 2.45) is 0 Å². The lowest BCUT2D eigenvalue weighted by Gasteiger charge is -2.14. The Morgan fingerprint density at radius 3 is 2.41 bits per heavy atom. The highest BCUT2D eigenvalue weighted by Crippen LogP contribution is 2.31. The van der Waals surface area contributed by atoms with E-state index in [0.29, 0.717) is 17.9 Å². The molecule has 1 N–H and O–H groups in total. The second kappa shape index (κ2) is 9.04. The van der Waals surface area contributed by atoms with Gasteiger partial charge in [0.2, 0.25) is 5.12 Å². The summed E-state index contributed by atoms with van der Waals surface area (Å²) in [5.74, 6) is 1.74. The number of nitrogens with zero attached hydrogens (tertiary/aromatic N) is 3. The number of nitrogens with one attached hydrogen (secondary N) is 1. The summed E-state index contributed by atoms with van der Waals surface area (Å²) in [5.41, 5.74) is 6.27. The molecule has 0 amide bonds. The highest BCUT2D eigenvalue weighted by Gasteiger charge is 2.19. The van der Waals surface area contributed by atoms with Crippen molar-refractivity contribution >= 4 is 41.0 Å². The summed E-state index contributed by atoms with van der Waals surface area (Å²) in [6.45, 7) is 4.81. The summed E-state index contributed by atoms with van der Waals surface area (Å²) in [5, 5.41) is 2.52. The van der Waals surface area contributed by atoms with Crippen LogP contribution < -0.4 is 0 Å². The minimum atomic E-state index is -0.263. The van der Waals surface area contributed by atoms with Gasteiger partial charge in [0.25, 0.3) is 0 Å². The van der Waals surface area contributed by atoms with E-state index in [2.05, 4.69) is 65.4 Å². The largest absolute Gasteiger partial charge is 0.348 e. The molecule has 34 heavy (non-hydrogen) atoms. The first kappa shape index (κ1) is 22.3. The molecule has 8 heteroatoms. The van der Waals surface area contributed by atoms with Gasteiger partial charge in [0.15, 0.2) is 5.82 Å².